The highest BCUT2D eigenvalue weighted by atomic mass is 32.2. The molecule has 10 heteroatoms. The number of carbonyl (C=O) groups is 1. The van der Waals surface area contributed by atoms with Crippen molar-refractivity contribution >= 4 is 15.9 Å². The summed E-state index contributed by atoms with van der Waals surface area (Å²) in [6, 6.07) is 4.13. The molecule has 1 saturated heterocycles. The van der Waals surface area contributed by atoms with Crippen molar-refractivity contribution in [2.75, 3.05) is 27.2 Å². The molecular weight excluding hydrogens is 359 g/mol. The van der Waals surface area contributed by atoms with Crippen LogP contribution in [0.15, 0.2) is 29.2 Å². The second-order valence-electron chi connectivity index (χ2n) is 6.04. The summed E-state index contributed by atoms with van der Waals surface area (Å²) in [5.74, 6) is -0.593. The van der Waals surface area contributed by atoms with Crippen LogP contribution < -0.4 is 5.43 Å². The molecule has 1 aliphatic heterocycles. The fraction of sp³-hybridized carbons (Fsp3) is 0.533. The van der Waals surface area contributed by atoms with Crippen LogP contribution in [0.4, 0.5) is 13.2 Å². The van der Waals surface area contributed by atoms with Crippen LogP contribution in [0.3, 0.4) is 0 Å². The minimum absolute atomic E-state index is 0.0000397. The van der Waals surface area contributed by atoms with Crippen molar-refractivity contribution < 1.29 is 26.4 Å². The lowest BCUT2D eigenvalue weighted by atomic mass is 9.98. The maximum atomic E-state index is 13.1. The van der Waals surface area contributed by atoms with Gasteiger partial charge in [0.2, 0.25) is 15.9 Å². The van der Waals surface area contributed by atoms with E-state index in [1.807, 2.05) is 0 Å². The first kappa shape index (κ1) is 19.7. The average molecular weight is 379 g/mol. The zero-order valence-corrected chi connectivity index (χ0v) is 14.7. The Bertz CT molecular complexity index is 727. The Morgan fingerprint density at radius 3 is 2.28 bits per heavy atom. The molecular formula is C15H20F3N3O3S. The van der Waals surface area contributed by atoms with Crippen LogP contribution in [-0.2, 0) is 21.0 Å². The Hall–Kier alpha value is -1.65. The Labute approximate surface area is 144 Å². The zero-order chi connectivity index (χ0) is 18.8. The summed E-state index contributed by atoms with van der Waals surface area (Å²) in [7, 11) is -0.960. The highest BCUT2D eigenvalue weighted by molar-refractivity contribution is 7.89. The molecule has 140 valence electrons. The second kappa shape index (κ2) is 7.30. The molecule has 1 N–H and O–H groups in total. The van der Waals surface area contributed by atoms with Gasteiger partial charge >= 0.3 is 6.18 Å². The average Bonchev–Trinajstić information content (AvgIpc) is 2.53. The van der Waals surface area contributed by atoms with E-state index in [2.05, 4.69) is 5.43 Å². The number of alkyl halides is 3. The Kier molecular flexibility index (Phi) is 5.75. The number of amides is 1. The molecule has 2 rings (SSSR count). The van der Waals surface area contributed by atoms with Crippen molar-refractivity contribution in [3.63, 3.8) is 0 Å². The molecule has 0 aliphatic carbocycles. The minimum Gasteiger partial charge on any atom is -0.289 e. The van der Waals surface area contributed by atoms with Gasteiger partial charge in [-0.2, -0.15) is 17.5 Å². The Morgan fingerprint density at radius 1 is 1.20 bits per heavy atom. The van der Waals surface area contributed by atoms with E-state index in [1.54, 1.807) is 14.1 Å². The largest absolute Gasteiger partial charge is 0.417 e. The molecule has 0 unspecified atom stereocenters. The molecule has 1 amide bonds. The first-order chi connectivity index (χ1) is 11.5. The van der Waals surface area contributed by atoms with Crippen LogP contribution >= 0.6 is 0 Å². The van der Waals surface area contributed by atoms with Crippen molar-refractivity contribution in [1.82, 2.24) is 14.7 Å². The van der Waals surface area contributed by atoms with E-state index in [0.717, 1.165) is 22.5 Å². The number of hydrogen-bond donors (Lipinski definition) is 1. The number of carbonyl (C=O) groups excluding carboxylic acids is 1. The van der Waals surface area contributed by atoms with Gasteiger partial charge in [-0.15, -0.1) is 0 Å². The highest BCUT2D eigenvalue weighted by Crippen LogP contribution is 2.36. The first-order valence-corrected chi connectivity index (χ1v) is 9.11. The zero-order valence-electron chi connectivity index (χ0n) is 13.9. The van der Waals surface area contributed by atoms with Crippen molar-refractivity contribution in [3.8, 4) is 0 Å². The monoisotopic (exact) mass is 379 g/mol. The fourth-order valence-electron chi connectivity index (χ4n) is 2.73. The number of nitrogens with zero attached hydrogens (tertiary/aromatic N) is 2. The summed E-state index contributed by atoms with van der Waals surface area (Å²) < 4.78 is 65.5. The summed E-state index contributed by atoms with van der Waals surface area (Å²) in [4.78, 5) is 11.2. The minimum atomic E-state index is -4.76. The Balaban J connectivity index is 2.17. The number of nitrogens with one attached hydrogen (secondary N) is 1. The molecule has 1 heterocycles. The molecule has 1 aliphatic rings. The molecule has 0 aromatic heterocycles. The lowest BCUT2D eigenvalue weighted by molar-refractivity contribution is -0.140. The van der Waals surface area contributed by atoms with Crippen LogP contribution in [0, 0.1) is 5.92 Å². The van der Waals surface area contributed by atoms with Gasteiger partial charge in [-0.1, -0.05) is 12.1 Å². The van der Waals surface area contributed by atoms with Crippen molar-refractivity contribution in [1.29, 1.82) is 0 Å². The Morgan fingerprint density at radius 2 is 1.76 bits per heavy atom. The normalized spacial score (nSPS) is 17.7. The summed E-state index contributed by atoms with van der Waals surface area (Å²) in [6.45, 7) is 0.0000794. The predicted octanol–water partition coefficient (Wildman–Crippen LogP) is 1.70. The molecule has 0 saturated carbocycles. The number of rotatable bonds is 4. The van der Waals surface area contributed by atoms with Crippen LogP contribution in [0.2, 0.25) is 0 Å². The maximum Gasteiger partial charge on any atom is 0.417 e. The lowest BCUT2D eigenvalue weighted by Gasteiger charge is -2.31. The van der Waals surface area contributed by atoms with Gasteiger partial charge < -0.3 is 0 Å². The second-order valence-corrected chi connectivity index (χ2v) is 7.95. The maximum absolute atomic E-state index is 13.1. The lowest BCUT2D eigenvalue weighted by Crippen LogP contribution is -2.46. The highest BCUT2D eigenvalue weighted by Gasteiger charge is 2.40. The molecule has 0 bridgehead atoms. The van der Waals surface area contributed by atoms with Gasteiger partial charge in [-0.25, -0.2) is 13.4 Å². The van der Waals surface area contributed by atoms with Gasteiger partial charge in [0.25, 0.3) is 0 Å². The van der Waals surface area contributed by atoms with Gasteiger partial charge in [-0.3, -0.25) is 10.2 Å². The van der Waals surface area contributed by atoms with Crippen molar-refractivity contribution in [2.45, 2.75) is 23.9 Å². The third kappa shape index (κ3) is 4.50. The third-order valence-electron chi connectivity index (χ3n) is 3.97. The quantitative estimate of drug-likeness (QED) is 0.809. The molecule has 1 aromatic carbocycles. The number of sulfonamides is 1. The molecule has 25 heavy (non-hydrogen) atoms. The van der Waals surface area contributed by atoms with Crippen LogP contribution in [0.25, 0.3) is 0 Å². The van der Waals surface area contributed by atoms with E-state index in [4.69, 9.17) is 0 Å². The first-order valence-electron chi connectivity index (χ1n) is 7.67. The van der Waals surface area contributed by atoms with E-state index >= 15 is 0 Å². The molecule has 0 spiro atoms. The predicted molar refractivity (Wildman–Crippen MR) is 84.8 cm³/mol. The summed E-state index contributed by atoms with van der Waals surface area (Å²) in [6.07, 6.45) is -4.24. The topological polar surface area (TPSA) is 69.7 Å². The van der Waals surface area contributed by atoms with Crippen molar-refractivity contribution in [2.24, 2.45) is 5.92 Å². The molecule has 1 aromatic rings. The van der Waals surface area contributed by atoms with E-state index in [0.29, 0.717) is 0 Å². The standard InChI is InChI=1S/C15H20F3N3O3S/c1-20(2)19-14(22)11-7-9-21(10-8-11)25(23,24)13-6-4-3-5-12(13)15(16,17)18/h3-6,11H,7-10H2,1-2H3,(H,19,22). The third-order valence-corrected chi connectivity index (χ3v) is 5.93. The van der Waals surface area contributed by atoms with Crippen LogP contribution in [0.1, 0.15) is 18.4 Å². The van der Waals surface area contributed by atoms with Crippen molar-refractivity contribution in [3.05, 3.63) is 29.8 Å². The summed E-state index contributed by atoms with van der Waals surface area (Å²) in [5.41, 5.74) is 1.43. The summed E-state index contributed by atoms with van der Waals surface area (Å²) in [5, 5.41) is 1.49. The SMILES string of the molecule is CN(C)NC(=O)C1CCN(S(=O)(=O)c2ccccc2C(F)(F)F)CC1. The smallest absolute Gasteiger partial charge is 0.289 e. The molecule has 1 fully saturated rings. The number of piperidine rings is 1. The van der Waals surface area contributed by atoms with Gasteiger partial charge in [0, 0.05) is 33.1 Å². The van der Waals surface area contributed by atoms with E-state index in [1.165, 1.54) is 11.1 Å². The van der Waals surface area contributed by atoms with Gasteiger partial charge in [0.05, 0.1) is 10.5 Å². The molecule has 0 radical (unpaired) electrons. The van der Waals surface area contributed by atoms with E-state index < -0.39 is 26.7 Å². The summed E-state index contributed by atoms with van der Waals surface area (Å²) >= 11 is 0. The number of hydrogen-bond acceptors (Lipinski definition) is 4. The number of halogens is 3. The molecule has 6 nitrogen and oxygen atoms in total. The van der Waals surface area contributed by atoms with E-state index in [9.17, 15) is 26.4 Å². The number of hydrazine groups is 1. The van der Waals surface area contributed by atoms with Crippen LogP contribution in [-0.4, -0.2) is 50.8 Å². The van der Waals surface area contributed by atoms with Crippen LogP contribution in [0.5, 0.6) is 0 Å². The molecule has 0 atom stereocenters. The van der Waals surface area contributed by atoms with E-state index in [-0.39, 0.29) is 37.8 Å². The number of benzene rings is 1. The van der Waals surface area contributed by atoms with Gasteiger partial charge in [-0.05, 0) is 25.0 Å². The fourth-order valence-corrected chi connectivity index (χ4v) is 4.42. The van der Waals surface area contributed by atoms with Gasteiger partial charge in [0.15, 0.2) is 0 Å². The van der Waals surface area contributed by atoms with Gasteiger partial charge in [0.1, 0.15) is 0 Å².